The van der Waals surface area contributed by atoms with E-state index in [0.717, 1.165) is 55.5 Å². The molecule has 5 nitrogen and oxygen atoms in total. The molecule has 0 aliphatic rings. The normalized spacial score (nSPS) is 12.3. The van der Waals surface area contributed by atoms with Crippen LogP contribution in [0.1, 0.15) is 111 Å². The van der Waals surface area contributed by atoms with Gasteiger partial charge in [-0.2, -0.15) is 0 Å². The van der Waals surface area contributed by atoms with E-state index in [2.05, 4.69) is 198 Å². The van der Waals surface area contributed by atoms with Crippen LogP contribution in [0, 0.1) is 19.0 Å². The minimum Gasteiger partial charge on any atom is -0.500 e. The second kappa shape index (κ2) is 23.0. The fraction of sp³-hybridized carbons (Fsp3) is 0.173. The van der Waals surface area contributed by atoms with E-state index in [-0.39, 0.29) is 37.5 Å². The minimum atomic E-state index is -2.41. The summed E-state index contributed by atoms with van der Waals surface area (Å²) >= 11 is 0. The van der Waals surface area contributed by atoms with Gasteiger partial charge < -0.3 is 13.6 Å². The van der Waals surface area contributed by atoms with E-state index in [1.54, 1.807) is 0 Å². The predicted octanol–water partition coefficient (Wildman–Crippen LogP) is 20.7. The molecule has 0 aliphatic carbocycles. The van der Waals surface area contributed by atoms with Gasteiger partial charge in [0.2, 0.25) is 0 Å². The summed E-state index contributed by atoms with van der Waals surface area (Å²) in [5, 5.41) is 1.58. The molecule has 0 bridgehead atoms. The molecule has 3 heterocycles. The maximum absolute atomic E-state index is 8.61. The van der Waals surface area contributed by atoms with Gasteiger partial charge in [0.25, 0.3) is 0 Å². The number of fused-ring (bicyclic) bond motifs is 5. The van der Waals surface area contributed by atoms with Gasteiger partial charge in [0.1, 0.15) is 5.58 Å². The molecular weight excluding hydrogens is 1170 g/mol. The van der Waals surface area contributed by atoms with E-state index in [4.69, 9.17) is 18.5 Å². The quantitative estimate of drug-likeness (QED) is 0.121. The van der Waals surface area contributed by atoms with Crippen molar-refractivity contribution in [1.82, 2.24) is 19.1 Å². The van der Waals surface area contributed by atoms with Crippen molar-refractivity contribution in [2.75, 3.05) is 0 Å². The molecule has 13 rings (SSSR count). The van der Waals surface area contributed by atoms with Crippen molar-refractivity contribution >= 4 is 44.0 Å². The SMILES string of the molecule is CC(C)c1cc(-c2ccccc2)cc(C(C)C)c1-n1c(-c2[c-]cccc2)nc2ccccc21.[2H]C([2H])([2H])c1c(-c2ccccc2)ccc2c1oc1c(-c3nc4ccccc4n3-c3c(C(C)C)cc(-c4ccccc4)cc3C(C)C)[c-]ccc12.[Ir]. The topological polar surface area (TPSA) is 48.8 Å². The monoisotopic (exact) mass is 1230 g/mol. The van der Waals surface area contributed by atoms with Crippen LogP contribution in [0.3, 0.4) is 0 Å². The number of rotatable bonds is 11. The number of imidazole rings is 2. The fourth-order valence-electron chi connectivity index (χ4n) is 11.4. The number of para-hydroxylation sites is 4. The zero-order valence-electron chi connectivity index (χ0n) is 50.0. The van der Waals surface area contributed by atoms with E-state index in [0.29, 0.717) is 40.0 Å². The summed E-state index contributed by atoms with van der Waals surface area (Å²) < 4.78 is 37.2. The Hall–Kier alpha value is -8.41. The number of benzene rings is 10. The molecule has 0 saturated heterocycles. The molecule has 0 saturated carbocycles. The van der Waals surface area contributed by atoms with Gasteiger partial charge in [-0.25, -0.2) is 0 Å². The van der Waals surface area contributed by atoms with E-state index >= 15 is 0 Å². The Kier molecular flexibility index (Phi) is 14.4. The van der Waals surface area contributed by atoms with Gasteiger partial charge in [0.05, 0.1) is 39.3 Å². The van der Waals surface area contributed by atoms with Crippen molar-refractivity contribution in [3.05, 3.63) is 252 Å². The van der Waals surface area contributed by atoms with Crippen LogP contribution < -0.4 is 0 Å². The van der Waals surface area contributed by atoms with E-state index in [9.17, 15) is 0 Å². The summed E-state index contributed by atoms with van der Waals surface area (Å²) in [7, 11) is 0. The summed E-state index contributed by atoms with van der Waals surface area (Å²) in [4.78, 5) is 10.3. The molecule has 0 fully saturated rings. The van der Waals surface area contributed by atoms with Crippen molar-refractivity contribution in [2.45, 2.75) is 85.9 Å². The van der Waals surface area contributed by atoms with Crippen molar-refractivity contribution in [3.63, 3.8) is 0 Å². The van der Waals surface area contributed by atoms with Gasteiger partial charge in [-0.05, 0) is 140 Å². The molecular formula is C75H66IrN4O-2. The van der Waals surface area contributed by atoms with Crippen LogP contribution in [0.2, 0.25) is 0 Å². The first-order valence-electron chi connectivity index (χ1n) is 29.5. The molecule has 0 unspecified atom stereocenters. The first-order valence-corrected chi connectivity index (χ1v) is 28.0. The first-order chi connectivity index (χ1) is 40.2. The van der Waals surface area contributed by atoms with E-state index in [1.165, 1.54) is 50.2 Å². The molecule has 81 heavy (non-hydrogen) atoms. The van der Waals surface area contributed by atoms with E-state index < -0.39 is 6.85 Å². The van der Waals surface area contributed by atoms with E-state index in [1.807, 2.05) is 91.0 Å². The van der Waals surface area contributed by atoms with Crippen LogP contribution in [0.25, 0.3) is 112 Å². The number of hydrogen-bond acceptors (Lipinski definition) is 3. The Morgan fingerprint density at radius 3 is 1.35 bits per heavy atom. The average Bonchev–Trinajstić information content (AvgIpc) is 2.14. The summed E-state index contributed by atoms with van der Waals surface area (Å²) in [6.45, 7) is 15.7. The first kappa shape index (κ1) is 50.8. The van der Waals surface area contributed by atoms with Gasteiger partial charge >= 0.3 is 0 Å². The Morgan fingerprint density at radius 2 is 0.864 bits per heavy atom. The molecule has 403 valence electrons. The molecule has 0 atom stereocenters. The molecule has 6 heteroatoms. The predicted molar refractivity (Wildman–Crippen MR) is 335 cm³/mol. The van der Waals surface area contributed by atoms with Crippen LogP contribution in [-0.2, 0) is 20.1 Å². The number of furan rings is 1. The maximum atomic E-state index is 8.61. The van der Waals surface area contributed by atoms with Gasteiger partial charge in [0, 0.05) is 41.0 Å². The second-order valence-corrected chi connectivity index (χ2v) is 22.1. The third kappa shape index (κ3) is 10.2. The molecule has 3 aromatic heterocycles. The zero-order chi connectivity index (χ0) is 57.7. The van der Waals surface area contributed by atoms with Gasteiger partial charge in [-0.1, -0.05) is 194 Å². The van der Waals surface area contributed by atoms with Crippen molar-refractivity contribution in [2.24, 2.45) is 0 Å². The van der Waals surface area contributed by atoms with Crippen LogP contribution in [0.4, 0.5) is 0 Å². The standard InChI is InChI=1S/C44H37N2O.C31H29N2.Ir/c1-27(2)37-25-32(30-15-8-6-9-16-30)26-38(28(3)4)41(37)46-40-22-13-12-21-39(40)45-44(46)36-20-14-19-34-35-24-23-33(31-17-10-7-11-18-31)29(5)42(35)47-43(34)36;1-21(2)26-19-25(23-13-7-5-8-14-23)20-27(22(3)4)30(26)33-29-18-12-11-17-28(29)32-31(33)24-15-9-6-10-16-24;/h6-19,21-28H,1-5H3;5-15,17-22H,1-4H3;/q2*-1;/i5D3;;. The van der Waals surface area contributed by atoms with Crippen molar-refractivity contribution < 1.29 is 28.6 Å². The summed E-state index contributed by atoms with van der Waals surface area (Å²) in [6, 6.07) is 79.6. The minimum absolute atomic E-state index is 0. The second-order valence-electron chi connectivity index (χ2n) is 22.1. The fourth-order valence-corrected chi connectivity index (χ4v) is 11.4. The average molecular weight is 1230 g/mol. The van der Waals surface area contributed by atoms with Crippen LogP contribution >= 0.6 is 0 Å². The molecule has 10 aromatic carbocycles. The van der Waals surface area contributed by atoms with Crippen LogP contribution in [0.15, 0.2) is 217 Å². The van der Waals surface area contributed by atoms with Gasteiger partial charge in [-0.3, -0.25) is 9.97 Å². The molecule has 1 radical (unpaired) electrons. The molecule has 0 amide bonds. The van der Waals surface area contributed by atoms with Crippen LogP contribution in [-0.4, -0.2) is 19.1 Å². The van der Waals surface area contributed by atoms with Crippen LogP contribution in [0.5, 0.6) is 0 Å². The molecule has 0 spiro atoms. The van der Waals surface area contributed by atoms with Crippen molar-refractivity contribution in [1.29, 1.82) is 0 Å². The summed E-state index contributed by atoms with van der Waals surface area (Å²) in [6.07, 6.45) is 0. The number of aryl methyl sites for hydroxylation is 1. The third-order valence-electron chi connectivity index (χ3n) is 15.5. The number of nitrogens with zero attached hydrogens (tertiary/aromatic N) is 4. The Balaban J connectivity index is 0.000000188. The van der Waals surface area contributed by atoms with Gasteiger partial charge in [-0.15, -0.1) is 54.1 Å². The molecule has 13 aromatic rings. The molecule has 0 aliphatic heterocycles. The zero-order valence-corrected chi connectivity index (χ0v) is 49.4. The number of hydrogen-bond donors (Lipinski definition) is 0. The van der Waals surface area contributed by atoms with Gasteiger partial charge in [0.15, 0.2) is 0 Å². The Bertz CT molecular complexity index is 4420. The Morgan fingerprint density at radius 1 is 0.420 bits per heavy atom. The van der Waals surface area contributed by atoms with Crippen molar-refractivity contribution in [3.8, 4) is 67.5 Å². The summed E-state index contributed by atoms with van der Waals surface area (Å²) in [5.41, 5.74) is 20.6. The molecule has 0 N–H and O–H groups in total. The summed E-state index contributed by atoms with van der Waals surface area (Å²) in [5.74, 6) is 2.78. The Labute approximate surface area is 494 Å². The maximum Gasteiger partial charge on any atom is 0.124 e. The number of aromatic nitrogens is 4. The smallest absolute Gasteiger partial charge is 0.124 e. The largest absolute Gasteiger partial charge is 0.500 e. The third-order valence-corrected chi connectivity index (χ3v) is 15.5.